The van der Waals surface area contributed by atoms with Gasteiger partial charge in [0, 0.05) is 22.5 Å². The predicted molar refractivity (Wildman–Crippen MR) is 108 cm³/mol. The fraction of sp³-hybridized carbons (Fsp3) is 0.429. The first-order chi connectivity index (χ1) is 12.5. The van der Waals surface area contributed by atoms with Crippen molar-refractivity contribution in [3.63, 3.8) is 0 Å². The van der Waals surface area contributed by atoms with Crippen LogP contribution in [-0.2, 0) is 0 Å². The number of rotatable bonds is 2. The minimum absolute atomic E-state index is 0.212. The molecule has 1 fully saturated rings. The average molecular weight is 370 g/mol. The van der Waals surface area contributed by atoms with Crippen LogP contribution in [0.1, 0.15) is 43.8 Å². The van der Waals surface area contributed by atoms with Gasteiger partial charge in [-0.15, -0.1) is 11.3 Å². The molecule has 0 bridgehead atoms. The number of thiophene rings is 1. The first-order valence-electron chi connectivity index (χ1n) is 9.27. The fourth-order valence-corrected chi connectivity index (χ4v) is 5.27. The molecule has 3 nitrogen and oxygen atoms in total. The number of nitrogens with zero attached hydrogens (tertiary/aromatic N) is 3. The van der Waals surface area contributed by atoms with E-state index in [0.29, 0.717) is 12.1 Å². The highest BCUT2D eigenvalue weighted by atomic mass is 32.1. The first-order valence-corrected chi connectivity index (χ1v) is 10.1. The van der Waals surface area contributed by atoms with Crippen LogP contribution in [-0.4, -0.2) is 22.1 Å². The highest BCUT2D eigenvalue weighted by molar-refractivity contribution is 7.19. The van der Waals surface area contributed by atoms with Gasteiger partial charge in [0.25, 0.3) is 0 Å². The number of halogens is 1. The van der Waals surface area contributed by atoms with Gasteiger partial charge in [-0.25, -0.2) is 14.4 Å². The molecule has 0 N–H and O–H groups in total. The average Bonchev–Trinajstić information content (AvgIpc) is 2.91. The summed E-state index contributed by atoms with van der Waals surface area (Å²) in [6, 6.07) is 7.68. The van der Waals surface area contributed by atoms with Crippen LogP contribution in [0.2, 0.25) is 0 Å². The molecule has 0 saturated carbocycles. The molecule has 26 heavy (non-hydrogen) atoms. The molecule has 0 spiro atoms. The largest absolute Gasteiger partial charge is 0.351 e. The molecule has 2 aromatic heterocycles. The Morgan fingerprint density at radius 3 is 2.35 bits per heavy atom. The van der Waals surface area contributed by atoms with E-state index in [9.17, 15) is 4.39 Å². The van der Waals surface area contributed by atoms with E-state index in [1.165, 1.54) is 36.3 Å². The summed E-state index contributed by atoms with van der Waals surface area (Å²) < 4.78 is 13.4. The number of piperidine rings is 1. The van der Waals surface area contributed by atoms with Gasteiger partial charge in [-0.05, 0) is 64.7 Å². The van der Waals surface area contributed by atoms with E-state index in [2.05, 4.69) is 25.7 Å². The second kappa shape index (κ2) is 6.62. The molecule has 1 aromatic carbocycles. The predicted octanol–water partition coefficient (Wildman–Crippen LogP) is 5.88. The topological polar surface area (TPSA) is 29.0 Å². The summed E-state index contributed by atoms with van der Waals surface area (Å²) in [5.74, 6) is 1.64. The second-order valence-corrected chi connectivity index (χ2v) is 8.55. The molecule has 0 aliphatic carbocycles. The van der Waals surface area contributed by atoms with E-state index >= 15 is 0 Å². The standard InChI is InChI=1S/C21H24FN3S/c1-12-6-5-7-13(2)25(12)20-19-18(16-8-10-17(22)11-9-16)14(3)26-21(19)24-15(4)23-20/h8-13H,5-7H2,1-4H3. The van der Waals surface area contributed by atoms with Gasteiger partial charge in [-0.3, -0.25) is 0 Å². The molecule has 0 radical (unpaired) electrons. The van der Waals surface area contributed by atoms with Crippen molar-refractivity contribution in [3.05, 3.63) is 40.8 Å². The fourth-order valence-electron chi connectivity index (χ4n) is 4.19. The van der Waals surface area contributed by atoms with Gasteiger partial charge >= 0.3 is 0 Å². The summed E-state index contributed by atoms with van der Waals surface area (Å²) in [5.41, 5.74) is 2.17. The van der Waals surface area contributed by atoms with Gasteiger partial charge in [0.05, 0.1) is 5.39 Å². The Morgan fingerprint density at radius 2 is 1.69 bits per heavy atom. The zero-order valence-corrected chi connectivity index (χ0v) is 16.5. The quantitative estimate of drug-likeness (QED) is 0.565. The molecule has 1 aliphatic heterocycles. The smallest absolute Gasteiger partial charge is 0.142 e. The van der Waals surface area contributed by atoms with Crippen molar-refractivity contribution in [2.75, 3.05) is 4.90 Å². The molecular weight excluding hydrogens is 345 g/mol. The maximum atomic E-state index is 13.4. The van der Waals surface area contributed by atoms with Crippen LogP contribution < -0.4 is 4.90 Å². The lowest BCUT2D eigenvalue weighted by atomic mass is 9.96. The summed E-state index contributed by atoms with van der Waals surface area (Å²) in [7, 11) is 0. The third-order valence-electron chi connectivity index (χ3n) is 5.39. The van der Waals surface area contributed by atoms with Gasteiger partial charge in [0.2, 0.25) is 0 Å². The molecule has 3 heterocycles. The molecule has 0 amide bonds. The van der Waals surface area contributed by atoms with Crippen LogP contribution in [0.5, 0.6) is 0 Å². The van der Waals surface area contributed by atoms with Crippen molar-refractivity contribution in [2.45, 2.75) is 59.0 Å². The van der Waals surface area contributed by atoms with E-state index in [-0.39, 0.29) is 5.82 Å². The summed E-state index contributed by atoms with van der Waals surface area (Å²) >= 11 is 1.70. The molecule has 2 atom stereocenters. The van der Waals surface area contributed by atoms with E-state index in [1.54, 1.807) is 11.3 Å². The van der Waals surface area contributed by atoms with Gasteiger partial charge in [-0.2, -0.15) is 0 Å². The van der Waals surface area contributed by atoms with Crippen LogP contribution in [0.4, 0.5) is 10.2 Å². The third kappa shape index (κ3) is 2.88. The van der Waals surface area contributed by atoms with Gasteiger partial charge in [0.1, 0.15) is 22.3 Å². The van der Waals surface area contributed by atoms with Gasteiger partial charge < -0.3 is 4.90 Å². The normalized spacial score (nSPS) is 20.7. The monoisotopic (exact) mass is 369 g/mol. The van der Waals surface area contributed by atoms with Crippen LogP contribution in [0, 0.1) is 19.7 Å². The van der Waals surface area contributed by atoms with E-state index < -0.39 is 0 Å². The Balaban J connectivity index is 1.99. The molecule has 1 aliphatic rings. The van der Waals surface area contributed by atoms with Crippen LogP contribution >= 0.6 is 11.3 Å². The Hall–Kier alpha value is -2.01. The molecule has 2 unspecified atom stereocenters. The summed E-state index contributed by atoms with van der Waals surface area (Å²) in [4.78, 5) is 14.3. The summed E-state index contributed by atoms with van der Waals surface area (Å²) in [6.45, 7) is 8.66. The van der Waals surface area contributed by atoms with Crippen LogP contribution in [0.25, 0.3) is 21.3 Å². The summed E-state index contributed by atoms with van der Waals surface area (Å²) in [5, 5.41) is 1.12. The lowest BCUT2D eigenvalue weighted by molar-refractivity contribution is 0.412. The number of anilines is 1. The van der Waals surface area contributed by atoms with Crippen molar-refractivity contribution in [2.24, 2.45) is 0 Å². The highest BCUT2D eigenvalue weighted by Gasteiger charge is 2.29. The number of benzene rings is 1. The van der Waals surface area contributed by atoms with Crippen LogP contribution in [0.15, 0.2) is 24.3 Å². The number of fused-ring (bicyclic) bond motifs is 1. The van der Waals surface area contributed by atoms with E-state index in [4.69, 9.17) is 9.97 Å². The van der Waals surface area contributed by atoms with Gasteiger partial charge in [-0.1, -0.05) is 12.1 Å². The van der Waals surface area contributed by atoms with Gasteiger partial charge in [0.15, 0.2) is 0 Å². The first kappa shape index (κ1) is 17.4. The molecule has 1 saturated heterocycles. The molecule has 3 aromatic rings. The number of hydrogen-bond acceptors (Lipinski definition) is 4. The highest BCUT2D eigenvalue weighted by Crippen LogP contribution is 2.43. The SMILES string of the molecule is Cc1nc(N2C(C)CCCC2C)c2c(-c3ccc(F)cc3)c(C)sc2n1. The minimum atomic E-state index is -0.212. The lowest BCUT2D eigenvalue weighted by Gasteiger charge is -2.40. The van der Waals surface area contributed by atoms with Crippen molar-refractivity contribution in [1.29, 1.82) is 0 Å². The van der Waals surface area contributed by atoms with Crippen LogP contribution in [0.3, 0.4) is 0 Å². The Bertz CT molecular complexity index is 938. The van der Waals surface area contributed by atoms with Crippen molar-refractivity contribution in [3.8, 4) is 11.1 Å². The van der Waals surface area contributed by atoms with E-state index in [0.717, 1.165) is 33.0 Å². The summed E-state index contributed by atoms with van der Waals surface area (Å²) in [6.07, 6.45) is 3.63. The van der Waals surface area contributed by atoms with Crippen molar-refractivity contribution >= 4 is 27.4 Å². The Kier molecular flexibility index (Phi) is 4.43. The van der Waals surface area contributed by atoms with Crippen molar-refractivity contribution < 1.29 is 4.39 Å². The zero-order chi connectivity index (χ0) is 18.4. The molecule has 4 rings (SSSR count). The number of hydrogen-bond donors (Lipinski definition) is 0. The Labute approximate surface area is 157 Å². The maximum absolute atomic E-state index is 13.4. The second-order valence-electron chi connectivity index (χ2n) is 7.35. The van der Waals surface area contributed by atoms with Crippen molar-refractivity contribution in [1.82, 2.24) is 9.97 Å². The molecular formula is C21H24FN3S. The third-order valence-corrected chi connectivity index (χ3v) is 6.39. The van der Waals surface area contributed by atoms with E-state index in [1.807, 2.05) is 19.1 Å². The molecule has 136 valence electrons. The maximum Gasteiger partial charge on any atom is 0.142 e. The molecule has 5 heteroatoms. The zero-order valence-electron chi connectivity index (χ0n) is 15.7. The minimum Gasteiger partial charge on any atom is -0.351 e. The number of aromatic nitrogens is 2. The Morgan fingerprint density at radius 1 is 1.04 bits per heavy atom. The lowest BCUT2D eigenvalue weighted by Crippen LogP contribution is -2.44. The number of aryl methyl sites for hydroxylation is 2.